The number of fused-ring (bicyclic) bond motifs is 1. The first-order valence-electron chi connectivity index (χ1n) is 7.56. The molecule has 1 amide bonds. The summed E-state index contributed by atoms with van der Waals surface area (Å²) in [5.74, 6) is -0.316. The fraction of sp³-hybridized carbons (Fsp3) is 0.167. The lowest BCUT2D eigenvalue weighted by molar-refractivity contribution is -0.116. The second kappa shape index (κ2) is 6.86. The van der Waals surface area contributed by atoms with E-state index in [0.717, 1.165) is 11.1 Å². The van der Waals surface area contributed by atoms with Crippen molar-refractivity contribution in [2.24, 2.45) is 0 Å². The molecule has 1 aromatic heterocycles. The highest BCUT2D eigenvalue weighted by Gasteiger charge is 2.12. The van der Waals surface area contributed by atoms with E-state index in [1.54, 1.807) is 0 Å². The maximum Gasteiger partial charge on any atom is 0.261 e. The van der Waals surface area contributed by atoms with Gasteiger partial charge in [-0.3, -0.25) is 14.2 Å². The summed E-state index contributed by atoms with van der Waals surface area (Å²) < 4.78 is 1.23. The lowest BCUT2D eigenvalue weighted by Crippen LogP contribution is -2.28. The molecule has 7 heteroatoms. The molecule has 5 nitrogen and oxygen atoms in total. The summed E-state index contributed by atoms with van der Waals surface area (Å²) >= 11 is 12.0. The maximum atomic E-state index is 12.6. The monoisotopic (exact) mass is 375 g/mol. The average molecular weight is 376 g/mol. The average Bonchev–Trinajstić information content (AvgIpc) is 2.53. The van der Waals surface area contributed by atoms with Gasteiger partial charge in [0.2, 0.25) is 5.91 Å². The molecule has 2 aromatic carbocycles. The Morgan fingerprint density at radius 3 is 2.68 bits per heavy atom. The molecule has 0 atom stereocenters. The number of aryl methyl sites for hydroxylation is 2. The number of carbonyl (C=O) groups is 1. The van der Waals surface area contributed by atoms with E-state index in [1.165, 1.54) is 23.0 Å². The van der Waals surface area contributed by atoms with Crippen molar-refractivity contribution in [3.8, 4) is 0 Å². The second-order valence-electron chi connectivity index (χ2n) is 5.83. The van der Waals surface area contributed by atoms with Gasteiger partial charge in [0.1, 0.15) is 6.54 Å². The van der Waals surface area contributed by atoms with E-state index in [-0.39, 0.29) is 23.4 Å². The Balaban J connectivity index is 1.89. The molecular weight excluding hydrogens is 361 g/mol. The summed E-state index contributed by atoms with van der Waals surface area (Å²) in [4.78, 5) is 29.0. The Morgan fingerprint density at radius 2 is 1.96 bits per heavy atom. The van der Waals surface area contributed by atoms with Gasteiger partial charge in [-0.15, -0.1) is 0 Å². The molecule has 0 saturated heterocycles. The lowest BCUT2D eigenvalue weighted by atomic mass is 10.1. The second-order valence-corrected chi connectivity index (χ2v) is 6.67. The summed E-state index contributed by atoms with van der Waals surface area (Å²) in [5, 5.41) is 3.72. The Kier molecular flexibility index (Phi) is 4.79. The highest BCUT2D eigenvalue weighted by Crippen LogP contribution is 2.24. The van der Waals surface area contributed by atoms with E-state index >= 15 is 0 Å². The van der Waals surface area contributed by atoms with Crippen LogP contribution in [0.4, 0.5) is 5.69 Å². The van der Waals surface area contributed by atoms with Gasteiger partial charge in [0.15, 0.2) is 0 Å². The van der Waals surface area contributed by atoms with Gasteiger partial charge < -0.3 is 5.32 Å². The summed E-state index contributed by atoms with van der Waals surface area (Å²) in [5.41, 5.74) is 2.77. The van der Waals surface area contributed by atoms with Crippen LogP contribution in [0, 0.1) is 13.8 Å². The van der Waals surface area contributed by atoms with Crippen LogP contribution >= 0.6 is 23.2 Å². The van der Waals surface area contributed by atoms with Crippen molar-refractivity contribution in [2.45, 2.75) is 20.4 Å². The van der Waals surface area contributed by atoms with Crippen molar-refractivity contribution in [2.75, 3.05) is 5.32 Å². The van der Waals surface area contributed by atoms with Crippen molar-refractivity contribution in [1.82, 2.24) is 9.55 Å². The molecule has 1 heterocycles. The van der Waals surface area contributed by atoms with Crippen LogP contribution in [0.3, 0.4) is 0 Å². The first-order chi connectivity index (χ1) is 11.8. The van der Waals surface area contributed by atoms with Crippen molar-refractivity contribution >= 4 is 45.7 Å². The Morgan fingerprint density at radius 1 is 1.20 bits per heavy atom. The van der Waals surface area contributed by atoms with Gasteiger partial charge >= 0.3 is 0 Å². The van der Waals surface area contributed by atoms with Crippen LogP contribution in [0.1, 0.15) is 11.1 Å². The molecule has 0 saturated carbocycles. The number of nitrogens with zero attached hydrogens (tertiary/aromatic N) is 2. The fourth-order valence-electron chi connectivity index (χ4n) is 2.61. The first kappa shape index (κ1) is 17.5. The van der Waals surface area contributed by atoms with Crippen LogP contribution < -0.4 is 10.9 Å². The third-order valence-electron chi connectivity index (χ3n) is 3.82. The topological polar surface area (TPSA) is 64.0 Å². The zero-order chi connectivity index (χ0) is 18.1. The number of hydrogen-bond acceptors (Lipinski definition) is 3. The van der Waals surface area contributed by atoms with E-state index in [1.807, 2.05) is 32.0 Å². The van der Waals surface area contributed by atoms with Crippen molar-refractivity contribution in [3.63, 3.8) is 0 Å². The zero-order valence-electron chi connectivity index (χ0n) is 13.6. The first-order valence-corrected chi connectivity index (χ1v) is 8.32. The zero-order valence-corrected chi connectivity index (χ0v) is 15.1. The number of rotatable bonds is 3. The van der Waals surface area contributed by atoms with Crippen molar-refractivity contribution in [3.05, 3.63) is 68.2 Å². The van der Waals surface area contributed by atoms with Crippen molar-refractivity contribution < 1.29 is 4.79 Å². The van der Waals surface area contributed by atoms with Gasteiger partial charge in [0.05, 0.1) is 22.3 Å². The quantitative estimate of drug-likeness (QED) is 0.753. The number of halogens is 2. The van der Waals surface area contributed by atoms with Gasteiger partial charge in [0.25, 0.3) is 5.56 Å². The predicted molar refractivity (Wildman–Crippen MR) is 101 cm³/mol. The van der Waals surface area contributed by atoms with Crippen LogP contribution in [-0.4, -0.2) is 15.5 Å². The maximum absolute atomic E-state index is 12.6. The Labute approximate surface area is 154 Å². The van der Waals surface area contributed by atoms with E-state index < -0.39 is 0 Å². The van der Waals surface area contributed by atoms with Gasteiger partial charge in [-0.1, -0.05) is 40.9 Å². The van der Waals surface area contributed by atoms with Crippen LogP contribution in [0.5, 0.6) is 0 Å². The molecule has 0 bridgehead atoms. The minimum absolute atomic E-state index is 0.154. The molecule has 3 aromatic rings. The number of carbonyl (C=O) groups excluding carboxylic acids is 1. The molecule has 0 spiro atoms. The third kappa shape index (κ3) is 3.67. The molecular formula is C18H15Cl2N3O2. The molecule has 0 unspecified atom stereocenters. The van der Waals surface area contributed by atoms with E-state index in [2.05, 4.69) is 10.3 Å². The highest BCUT2D eigenvalue weighted by molar-refractivity contribution is 6.38. The molecule has 0 fully saturated rings. The van der Waals surface area contributed by atoms with E-state index in [9.17, 15) is 9.59 Å². The number of hydrogen-bond donors (Lipinski definition) is 1. The molecule has 0 radical (unpaired) electrons. The Bertz CT molecular complexity index is 1040. The molecule has 0 aliphatic heterocycles. The molecule has 0 aliphatic carbocycles. The predicted octanol–water partition coefficient (Wildman–Crippen LogP) is 3.96. The summed E-state index contributed by atoms with van der Waals surface area (Å²) in [6.45, 7) is 3.74. The van der Waals surface area contributed by atoms with Crippen molar-refractivity contribution in [1.29, 1.82) is 0 Å². The van der Waals surface area contributed by atoms with Crippen LogP contribution in [-0.2, 0) is 11.3 Å². The smallest absolute Gasteiger partial charge is 0.261 e. The number of amides is 1. The number of nitrogens with one attached hydrogen (secondary N) is 1. The minimum Gasteiger partial charge on any atom is -0.324 e. The van der Waals surface area contributed by atoms with Gasteiger partial charge in [-0.2, -0.15) is 0 Å². The van der Waals surface area contributed by atoms with E-state index in [0.29, 0.717) is 21.2 Å². The molecule has 25 heavy (non-hydrogen) atoms. The van der Waals surface area contributed by atoms with Crippen LogP contribution in [0.15, 0.2) is 41.5 Å². The molecule has 128 valence electrons. The lowest BCUT2D eigenvalue weighted by Gasteiger charge is -2.11. The number of benzene rings is 2. The summed E-state index contributed by atoms with van der Waals surface area (Å²) in [7, 11) is 0. The summed E-state index contributed by atoms with van der Waals surface area (Å²) in [6.07, 6.45) is 1.31. The molecule has 0 aliphatic rings. The SMILES string of the molecule is Cc1ccc(NC(=O)Cn2cnc3c(Cl)cc(Cl)cc3c2=O)c(C)c1. The highest BCUT2D eigenvalue weighted by atomic mass is 35.5. The number of aromatic nitrogens is 2. The van der Waals surface area contributed by atoms with Crippen LogP contribution in [0.2, 0.25) is 10.0 Å². The number of anilines is 1. The van der Waals surface area contributed by atoms with Crippen LogP contribution in [0.25, 0.3) is 10.9 Å². The minimum atomic E-state index is -0.370. The standard InChI is InChI=1S/C18H15Cl2N3O2/c1-10-3-4-15(11(2)5-10)22-16(24)8-23-9-21-17-13(18(23)25)6-12(19)7-14(17)20/h3-7,9H,8H2,1-2H3,(H,22,24). The fourth-order valence-corrected chi connectivity index (χ4v) is 3.15. The molecule has 3 rings (SSSR count). The van der Waals surface area contributed by atoms with Gasteiger partial charge in [-0.05, 0) is 37.6 Å². The van der Waals surface area contributed by atoms with Gasteiger partial charge in [0, 0.05) is 10.7 Å². The van der Waals surface area contributed by atoms with Gasteiger partial charge in [-0.25, -0.2) is 4.98 Å². The summed E-state index contributed by atoms with van der Waals surface area (Å²) in [6, 6.07) is 8.75. The Hall–Kier alpha value is -2.37. The largest absolute Gasteiger partial charge is 0.324 e. The third-order valence-corrected chi connectivity index (χ3v) is 4.32. The normalized spacial score (nSPS) is 10.9. The van der Waals surface area contributed by atoms with E-state index in [4.69, 9.17) is 23.2 Å². The molecule has 1 N–H and O–H groups in total.